The fraction of sp³-hybridized carbons (Fsp3) is 0.692. The highest BCUT2D eigenvalue weighted by atomic mass is 32.2. The number of nitrogens with zero attached hydrogens (tertiary/aromatic N) is 3. The Morgan fingerprint density at radius 2 is 2.00 bits per heavy atom. The predicted octanol–water partition coefficient (Wildman–Crippen LogP) is 3.50. The van der Waals surface area contributed by atoms with E-state index < -0.39 is 0 Å². The van der Waals surface area contributed by atoms with Crippen LogP contribution in [0.15, 0.2) is 23.2 Å². The molecule has 8 heteroatoms. The van der Waals surface area contributed by atoms with Gasteiger partial charge in [0.25, 0.3) is 0 Å². The summed E-state index contributed by atoms with van der Waals surface area (Å²) in [5, 5.41) is 10.3. The third kappa shape index (κ3) is 5.66. The largest absolute Gasteiger partial charge is 0.396 e. The number of benzene rings is 1. The Balaban J connectivity index is 1.33. The average molecular weight is 492 g/mol. The van der Waals surface area contributed by atoms with Crippen molar-refractivity contribution in [2.24, 2.45) is 10.9 Å². The van der Waals surface area contributed by atoms with E-state index in [0.717, 1.165) is 49.6 Å². The maximum atomic E-state index is 14.8. The molecule has 1 atom stereocenters. The van der Waals surface area contributed by atoms with Gasteiger partial charge < -0.3 is 14.7 Å². The molecular formula is C26H38FN3O3S. The zero-order valence-electron chi connectivity index (χ0n) is 20.5. The van der Waals surface area contributed by atoms with Crippen LogP contribution in [0.4, 0.5) is 4.39 Å². The number of aliphatic hydroxyl groups is 1. The standard InChI is InChI=1S/C26H38FN3O3S/c1-3-19(4-2)24-28-22(17-34-24)25(32)30-13-15-33-26(18-30)9-11-29(12-10-26)16-21-7-5-6-20(8-14-31)23(21)27/h5-7,19,22,31H,3-4,8-18H2,1-2H3. The molecule has 34 heavy (non-hydrogen) atoms. The van der Waals surface area contributed by atoms with Crippen molar-refractivity contribution < 1.29 is 19.0 Å². The highest BCUT2D eigenvalue weighted by Crippen LogP contribution is 2.33. The summed E-state index contributed by atoms with van der Waals surface area (Å²) in [6.07, 6.45) is 4.13. The van der Waals surface area contributed by atoms with Gasteiger partial charge in [0.2, 0.25) is 5.91 Å². The lowest BCUT2D eigenvalue weighted by Gasteiger charge is -2.47. The Morgan fingerprint density at radius 3 is 2.71 bits per heavy atom. The quantitative estimate of drug-likeness (QED) is 0.603. The minimum absolute atomic E-state index is 0.0525. The van der Waals surface area contributed by atoms with Crippen molar-refractivity contribution in [1.29, 1.82) is 0 Å². The number of likely N-dealkylation sites (tertiary alicyclic amines) is 1. The molecule has 4 rings (SSSR count). The van der Waals surface area contributed by atoms with Gasteiger partial charge >= 0.3 is 0 Å². The lowest BCUT2D eigenvalue weighted by molar-refractivity contribution is -0.160. The summed E-state index contributed by atoms with van der Waals surface area (Å²) in [5.41, 5.74) is 0.932. The molecule has 0 aromatic heterocycles. The Hall–Kier alpha value is -1.48. The zero-order chi connectivity index (χ0) is 24.1. The highest BCUT2D eigenvalue weighted by molar-refractivity contribution is 8.14. The van der Waals surface area contributed by atoms with E-state index in [2.05, 4.69) is 18.7 Å². The molecule has 1 spiro atoms. The molecule has 1 N–H and O–H groups in total. The fourth-order valence-corrected chi connectivity index (χ4v) is 6.67. The van der Waals surface area contributed by atoms with Gasteiger partial charge in [0.05, 0.1) is 17.3 Å². The molecule has 1 unspecified atom stereocenters. The van der Waals surface area contributed by atoms with Gasteiger partial charge in [-0.25, -0.2) is 4.39 Å². The molecule has 1 aromatic rings. The van der Waals surface area contributed by atoms with Crippen LogP contribution in [0.25, 0.3) is 0 Å². The average Bonchev–Trinajstić information content (AvgIpc) is 3.34. The topological polar surface area (TPSA) is 65.4 Å². The van der Waals surface area contributed by atoms with E-state index in [1.165, 1.54) is 0 Å². The van der Waals surface area contributed by atoms with Crippen molar-refractivity contribution in [2.45, 2.75) is 64.1 Å². The van der Waals surface area contributed by atoms with E-state index >= 15 is 0 Å². The van der Waals surface area contributed by atoms with E-state index in [1.807, 2.05) is 17.0 Å². The number of rotatable bonds is 8. The molecule has 3 aliphatic heterocycles. The first-order chi connectivity index (χ1) is 16.5. The maximum absolute atomic E-state index is 14.8. The minimum Gasteiger partial charge on any atom is -0.396 e. The van der Waals surface area contributed by atoms with Crippen LogP contribution in [-0.2, 0) is 22.5 Å². The van der Waals surface area contributed by atoms with Gasteiger partial charge in [0, 0.05) is 56.6 Å². The van der Waals surface area contributed by atoms with E-state index in [-0.39, 0.29) is 30.0 Å². The number of thioether (sulfide) groups is 1. The molecule has 0 saturated carbocycles. The number of carbonyl (C=O) groups is 1. The number of morpholine rings is 1. The van der Waals surface area contributed by atoms with Crippen LogP contribution >= 0.6 is 11.8 Å². The fourth-order valence-electron chi connectivity index (χ4n) is 5.35. The predicted molar refractivity (Wildman–Crippen MR) is 135 cm³/mol. The number of amides is 1. The number of hydrogen-bond acceptors (Lipinski definition) is 6. The molecular weight excluding hydrogens is 453 g/mol. The van der Waals surface area contributed by atoms with Gasteiger partial charge in [0.1, 0.15) is 11.9 Å². The number of aliphatic imine (C=N–C) groups is 1. The second-order valence-electron chi connectivity index (χ2n) is 9.74. The lowest BCUT2D eigenvalue weighted by atomic mass is 9.88. The normalized spacial score (nSPS) is 23.0. The third-order valence-corrected chi connectivity index (χ3v) is 8.77. The Labute approximate surface area is 206 Å². The van der Waals surface area contributed by atoms with Gasteiger partial charge in [-0.15, -0.1) is 11.8 Å². The van der Waals surface area contributed by atoms with Crippen LogP contribution in [0.2, 0.25) is 0 Å². The van der Waals surface area contributed by atoms with Crippen molar-refractivity contribution in [3.8, 4) is 0 Å². The Morgan fingerprint density at radius 1 is 1.26 bits per heavy atom. The molecule has 2 fully saturated rings. The van der Waals surface area contributed by atoms with Gasteiger partial charge in [-0.3, -0.25) is 14.7 Å². The van der Waals surface area contributed by atoms with Crippen LogP contribution in [0.3, 0.4) is 0 Å². The van der Waals surface area contributed by atoms with E-state index in [4.69, 9.17) is 14.8 Å². The first kappa shape index (κ1) is 25.6. The van der Waals surface area contributed by atoms with Crippen LogP contribution in [0, 0.1) is 11.7 Å². The van der Waals surface area contributed by atoms with Gasteiger partial charge in [-0.05, 0) is 37.7 Å². The Bertz CT molecular complexity index is 884. The number of halogens is 1. The van der Waals surface area contributed by atoms with Crippen molar-refractivity contribution in [2.75, 3.05) is 45.1 Å². The molecule has 2 saturated heterocycles. The molecule has 1 aromatic carbocycles. The van der Waals surface area contributed by atoms with Crippen molar-refractivity contribution in [3.05, 3.63) is 35.1 Å². The number of carbonyl (C=O) groups excluding carboxylic acids is 1. The second kappa shape index (κ2) is 11.5. The summed E-state index contributed by atoms with van der Waals surface area (Å²) in [7, 11) is 0. The van der Waals surface area contributed by atoms with Crippen LogP contribution in [0.5, 0.6) is 0 Å². The third-order valence-electron chi connectivity index (χ3n) is 7.55. The highest BCUT2D eigenvalue weighted by Gasteiger charge is 2.42. The summed E-state index contributed by atoms with van der Waals surface area (Å²) in [6, 6.07) is 5.17. The zero-order valence-corrected chi connectivity index (χ0v) is 21.3. The van der Waals surface area contributed by atoms with Gasteiger partial charge in [-0.2, -0.15) is 0 Å². The smallest absolute Gasteiger partial charge is 0.248 e. The minimum atomic E-state index is -0.310. The molecule has 0 aliphatic carbocycles. The first-order valence-corrected chi connectivity index (χ1v) is 13.7. The first-order valence-electron chi connectivity index (χ1n) is 12.7. The molecule has 3 heterocycles. The van der Waals surface area contributed by atoms with Crippen LogP contribution in [-0.4, -0.2) is 82.6 Å². The molecule has 3 aliphatic rings. The van der Waals surface area contributed by atoms with E-state index in [0.29, 0.717) is 49.7 Å². The summed E-state index contributed by atoms with van der Waals surface area (Å²) < 4.78 is 21.0. The molecule has 0 bridgehead atoms. The van der Waals surface area contributed by atoms with Crippen LogP contribution < -0.4 is 0 Å². The van der Waals surface area contributed by atoms with E-state index in [9.17, 15) is 9.18 Å². The van der Waals surface area contributed by atoms with Crippen LogP contribution in [0.1, 0.15) is 50.7 Å². The monoisotopic (exact) mass is 491 g/mol. The van der Waals surface area contributed by atoms with Crippen molar-refractivity contribution >= 4 is 22.7 Å². The SMILES string of the molecule is CCC(CC)C1=NC(C(=O)N2CCOC3(CCN(Cc4cccc(CCO)c4F)CC3)C2)CS1. The van der Waals surface area contributed by atoms with Gasteiger partial charge in [0.15, 0.2) is 0 Å². The summed E-state index contributed by atoms with van der Waals surface area (Å²) in [4.78, 5) is 22.3. The molecule has 188 valence electrons. The molecule has 0 radical (unpaired) electrons. The Kier molecular flexibility index (Phi) is 8.66. The van der Waals surface area contributed by atoms with Crippen molar-refractivity contribution in [1.82, 2.24) is 9.80 Å². The van der Waals surface area contributed by atoms with Gasteiger partial charge in [-0.1, -0.05) is 32.0 Å². The van der Waals surface area contributed by atoms with E-state index in [1.54, 1.807) is 17.8 Å². The molecule has 1 amide bonds. The lowest BCUT2D eigenvalue weighted by Crippen LogP contribution is -2.59. The number of hydrogen-bond donors (Lipinski definition) is 1. The van der Waals surface area contributed by atoms with Crippen molar-refractivity contribution in [3.63, 3.8) is 0 Å². The number of ether oxygens (including phenoxy) is 1. The molecule has 6 nitrogen and oxygen atoms in total. The second-order valence-corrected chi connectivity index (χ2v) is 10.8. The number of aliphatic hydroxyl groups excluding tert-OH is 1. The summed E-state index contributed by atoms with van der Waals surface area (Å²) >= 11 is 1.75. The summed E-state index contributed by atoms with van der Waals surface area (Å²) in [6.45, 7) is 8.30. The number of piperidine rings is 1. The summed E-state index contributed by atoms with van der Waals surface area (Å²) in [5.74, 6) is 1.16. The maximum Gasteiger partial charge on any atom is 0.248 e.